The van der Waals surface area contributed by atoms with Gasteiger partial charge in [0.1, 0.15) is 11.9 Å². The summed E-state index contributed by atoms with van der Waals surface area (Å²) in [6.07, 6.45) is 3.37. The highest BCUT2D eigenvalue weighted by molar-refractivity contribution is 5.78. The number of hydrogen-bond donors (Lipinski definition) is 0. The summed E-state index contributed by atoms with van der Waals surface area (Å²) in [6, 6.07) is 13.2. The van der Waals surface area contributed by atoms with Crippen molar-refractivity contribution >= 4 is 5.91 Å². The number of rotatable bonds is 4. The fourth-order valence-electron chi connectivity index (χ4n) is 2.41. The number of carbonyl (C=O) groups is 1. The smallest absolute Gasteiger partial charge is 0.260 e. The van der Waals surface area contributed by atoms with Gasteiger partial charge < -0.3 is 14.4 Å². The van der Waals surface area contributed by atoms with Gasteiger partial charge in [-0.1, -0.05) is 18.2 Å². The van der Waals surface area contributed by atoms with E-state index in [1.165, 1.54) is 0 Å². The topological polar surface area (TPSA) is 51.7 Å². The summed E-state index contributed by atoms with van der Waals surface area (Å²) in [5.41, 5.74) is 1.04. The molecule has 1 atom stereocenters. The van der Waals surface area contributed by atoms with E-state index in [0.29, 0.717) is 25.4 Å². The first-order chi connectivity index (χ1) is 10.8. The van der Waals surface area contributed by atoms with E-state index in [1.54, 1.807) is 17.3 Å². The van der Waals surface area contributed by atoms with Gasteiger partial charge in [0.2, 0.25) is 0 Å². The Kier molecular flexibility index (Phi) is 4.65. The number of nitrogens with zero attached hydrogens (tertiary/aromatic N) is 2. The van der Waals surface area contributed by atoms with Gasteiger partial charge in [0.05, 0.1) is 13.2 Å². The Balaban J connectivity index is 1.56. The highest BCUT2D eigenvalue weighted by atomic mass is 16.5. The predicted octanol–water partition coefficient (Wildman–Crippen LogP) is 2.06. The Morgan fingerprint density at radius 3 is 2.77 bits per heavy atom. The number of aromatic nitrogens is 1. The van der Waals surface area contributed by atoms with Gasteiger partial charge in [0, 0.05) is 18.9 Å². The average molecular weight is 298 g/mol. The fourth-order valence-corrected chi connectivity index (χ4v) is 2.41. The van der Waals surface area contributed by atoms with Crippen LogP contribution in [0.3, 0.4) is 0 Å². The van der Waals surface area contributed by atoms with Gasteiger partial charge >= 0.3 is 0 Å². The van der Waals surface area contributed by atoms with Crippen LogP contribution in [0.4, 0.5) is 0 Å². The van der Waals surface area contributed by atoms with Gasteiger partial charge in [-0.2, -0.15) is 0 Å². The van der Waals surface area contributed by atoms with Crippen LogP contribution in [-0.4, -0.2) is 42.1 Å². The molecule has 1 aliphatic rings. The SMILES string of the molecule is O=C(COc1ccccc1)N1CCOC(c2ccncc2)C1. The van der Waals surface area contributed by atoms with Crippen LogP contribution in [0.25, 0.3) is 0 Å². The van der Waals surface area contributed by atoms with Crippen LogP contribution < -0.4 is 4.74 Å². The lowest BCUT2D eigenvalue weighted by atomic mass is 10.1. The summed E-state index contributed by atoms with van der Waals surface area (Å²) in [5, 5.41) is 0. The van der Waals surface area contributed by atoms with E-state index in [0.717, 1.165) is 5.56 Å². The summed E-state index contributed by atoms with van der Waals surface area (Å²) < 4.78 is 11.3. The highest BCUT2D eigenvalue weighted by Gasteiger charge is 2.25. The van der Waals surface area contributed by atoms with Gasteiger partial charge in [0.25, 0.3) is 5.91 Å². The number of pyridine rings is 1. The van der Waals surface area contributed by atoms with Crippen molar-refractivity contribution in [3.8, 4) is 5.75 Å². The molecule has 0 bridgehead atoms. The molecule has 0 spiro atoms. The minimum atomic E-state index is -0.0996. The van der Waals surface area contributed by atoms with Gasteiger partial charge in [-0.3, -0.25) is 9.78 Å². The molecule has 2 heterocycles. The van der Waals surface area contributed by atoms with Gasteiger partial charge in [-0.05, 0) is 29.8 Å². The third-order valence-corrected chi connectivity index (χ3v) is 3.60. The van der Waals surface area contributed by atoms with E-state index in [1.807, 2.05) is 42.5 Å². The maximum absolute atomic E-state index is 12.3. The number of carbonyl (C=O) groups excluding carboxylic acids is 1. The van der Waals surface area contributed by atoms with Crippen molar-refractivity contribution < 1.29 is 14.3 Å². The van der Waals surface area contributed by atoms with E-state index in [-0.39, 0.29) is 18.6 Å². The maximum atomic E-state index is 12.3. The second-order valence-corrected chi connectivity index (χ2v) is 5.08. The number of morpholine rings is 1. The summed E-state index contributed by atoms with van der Waals surface area (Å²) in [5.74, 6) is 0.681. The summed E-state index contributed by atoms with van der Waals surface area (Å²) in [4.78, 5) is 18.1. The van der Waals surface area contributed by atoms with Crippen molar-refractivity contribution in [3.05, 3.63) is 60.4 Å². The van der Waals surface area contributed by atoms with Crippen molar-refractivity contribution in [1.29, 1.82) is 0 Å². The minimum Gasteiger partial charge on any atom is -0.484 e. The molecule has 114 valence electrons. The standard InChI is InChI=1S/C17H18N2O3/c20-17(13-22-15-4-2-1-3-5-15)19-10-11-21-16(12-19)14-6-8-18-9-7-14/h1-9,16H,10-13H2. The molecule has 1 aliphatic heterocycles. The lowest BCUT2D eigenvalue weighted by Crippen LogP contribution is -2.44. The molecule has 0 radical (unpaired) electrons. The molecular formula is C17H18N2O3. The van der Waals surface area contributed by atoms with Crippen LogP contribution in [0.1, 0.15) is 11.7 Å². The van der Waals surface area contributed by atoms with E-state index in [9.17, 15) is 4.79 Å². The molecule has 22 heavy (non-hydrogen) atoms. The largest absolute Gasteiger partial charge is 0.484 e. The Labute approximate surface area is 129 Å². The van der Waals surface area contributed by atoms with Crippen molar-refractivity contribution in [1.82, 2.24) is 9.88 Å². The van der Waals surface area contributed by atoms with Crippen LogP contribution in [0, 0.1) is 0 Å². The molecule has 1 unspecified atom stereocenters. The lowest BCUT2D eigenvalue weighted by Gasteiger charge is -2.33. The molecule has 1 fully saturated rings. The first kappa shape index (κ1) is 14.5. The number of amides is 1. The summed E-state index contributed by atoms with van der Waals surface area (Å²) in [7, 11) is 0. The number of ether oxygens (including phenoxy) is 2. The van der Waals surface area contributed by atoms with Crippen molar-refractivity contribution in [2.75, 3.05) is 26.3 Å². The van der Waals surface area contributed by atoms with E-state index < -0.39 is 0 Å². The molecule has 0 saturated carbocycles. The molecule has 1 aromatic heterocycles. The maximum Gasteiger partial charge on any atom is 0.260 e. The molecule has 1 aromatic carbocycles. The lowest BCUT2D eigenvalue weighted by molar-refractivity contribution is -0.141. The van der Waals surface area contributed by atoms with E-state index >= 15 is 0 Å². The molecule has 0 N–H and O–H groups in total. The molecule has 5 heteroatoms. The molecule has 3 rings (SSSR count). The Morgan fingerprint density at radius 2 is 2.00 bits per heavy atom. The van der Waals surface area contributed by atoms with Crippen LogP contribution in [0.2, 0.25) is 0 Å². The summed E-state index contributed by atoms with van der Waals surface area (Å²) >= 11 is 0. The first-order valence-corrected chi connectivity index (χ1v) is 7.30. The van der Waals surface area contributed by atoms with Crippen LogP contribution >= 0.6 is 0 Å². The Hall–Kier alpha value is -2.40. The minimum absolute atomic E-state index is 0.0220. The number of para-hydroxylation sites is 1. The fraction of sp³-hybridized carbons (Fsp3) is 0.294. The van der Waals surface area contributed by atoms with Gasteiger partial charge in [-0.15, -0.1) is 0 Å². The van der Waals surface area contributed by atoms with Crippen molar-refractivity contribution in [3.63, 3.8) is 0 Å². The van der Waals surface area contributed by atoms with Crippen LogP contribution in [0.5, 0.6) is 5.75 Å². The quantitative estimate of drug-likeness (QED) is 0.867. The Bertz CT molecular complexity index is 604. The van der Waals surface area contributed by atoms with E-state index in [2.05, 4.69) is 4.98 Å². The monoisotopic (exact) mass is 298 g/mol. The molecule has 2 aromatic rings. The number of benzene rings is 1. The van der Waals surface area contributed by atoms with Gasteiger partial charge in [-0.25, -0.2) is 0 Å². The second kappa shape index (κ2) is 7.04. The highest BCUT2D eigenvalue weighted by Crippen LogP contribution is 2.21. The molecule has 0 aliphatic carbocycles. The van der Waals surface area contributed by atoms with Crippen molar-refractivity contribution in [2.45, 2.75) is 6.10 Å². The Morgan fingerprint density at radius 1 is 1.23 bits per heavy atom. The molecular weight excluding hydrogens is 280 g/mol. The van der Waals surface area contributed by atoms with Crippen LogP contribution in [-0.2, 0) is 9.53 Å². The summed E-state index contributed by atoms with van der Waals surface area (Å²) in [6.45, 7) is 1.72. The molecule has 5 nitrogen and oxygen atoms in total. The van der Waals surface area contributed by atoms with Gasteiger partial charge in [0.15, 0.2) is 6.61 Å². The zero-order valence-electron chi connectivity index (χ0n) is 12.2. The third kappa shape index (κ3) is 3.62. The zero-order chi connectivity index (χ0) is 15.2. The normalized spacial score (nSPS) is 18.0. The molecule has 1 amide bonds. The van der Waals surface area contributed by atoms with E-state index in [4.69, 9.17) is 9.47 Å². The predicted molar refractivity (Wildman–Crippen MR) is 81.4 cm³/mol. The number of hydrogen-bond acceptors (Lipinski definition) is 4. The third-order valence-electron chi connectivity index (χ3n) is 3.60. The average Bonchev–Trinajstić information content (AvgIpc) is 2.61. The molecule has 1 saturated heterocycles. The van der Waals surface area contributed by atoms with Crippen molar-refractivity contribution in [2.24, 2.45) is 0 Å². The first-order valence-electron chi connectivity index (χ1n) is 7.30. The zero-order valence-corrected chi connectivity index (χ0v) is 12.2. The van der Waals surface area contributed by atoms with Crippen LogP contribution in [0.15, 0.2) is 54.9 Å². The second-order valence-electron chi connectivity index (χ2n) is 5.08.